The van der Waals surface area contributed by atoms with Gasteiger partial charge in [-0.3, -0.25) is 4.79 Å². The maximum Gasteiger partial charge on any atom is 0.405 e. The number of nitrogens with one attached hydrogen (secondary N) is 1. The van der Waals surface area contributed by atoms with Crippen LogP contribution >= 0.6 is 0 Å². The molecule has 32 heavy (non-hydrogen) atoms. The van der Waals surface area contributed by atoms with E-state index < -0.39 is 18.1 Å². The quantitative estimate of drug-likeness (QED) is 0.649. The van der Waals surface area contributed by atoms with Gasteiger partial charge in [0.1, 0.15) is 17.7 Å². The monoisotopic (exact) mass is 429 g/mol. The van der Waals surface area contributed by atoms with Crippen molar-refractivity contribution < 1.29 is 14.3 Å². The molecule has 0 heterocycles. The first-order valence-electron chi connectivity index (χ1n) is 9.83. The lowest BCUT2D eigenvalue weighted by Crippen LogP contribution is -2.34. The van der Waals surface area contributed by atoms with E-state index >= 15 is 0 Å². The van der Waals surface area contributed by atoms with Crippen molar-refractivity contribution in [1.82, 2.24) is 0 Å². The third kappa shape index (κ3) is 6.86. The third-order valence-corrected chi connectivity index (χ3v) is 4.75. The highest BCUT2D eigenvalue weighted by atomic mass is 16.6. The molecule has 0 fully saturated rings. The smallest absolute Gasteiger partial charge is 0.405 e. The molecule has 1 aromatic carbocycles. The number of hydrogen-bond donors (Lipinski definition) is 2. The number of nitrogens with zero attached hydrogens (tertiary/aromatic N) is 3. The Kier molecular flexibility index (Phi) is 7.93. The van der Waals surface area contributed by atoms with E-state index in [9.17, 15) is 20.1 Å². The summed E-state index contributed by atoms with van der Waals surface area (Å²) in [5.41, 5.74) is 8.11. The van der Waals surface area contributed by atoms with E-state index in [-0.39, 0.29) is 17.4 Å². The van der Waals surface area contributed by atoms with Gasteiger partial charge in [-0.1, -0.05) is 44.2 Å². The molecule has 1 aromatic rings. The molecule has 0 saturated heterocycles. The second kappa shape index (κ2) is 10.6. The number of amides is 2. The molecule has 1 unspecified atom stereocenters. The lowest BCUT2D eigenvalue weighted by atomic mass is 9.74. The van der Waals surface area contributed by atoms with Crippen molar-refractivity contribution in [3.8, 4) is 18.2 Å². The largest absolute Gasteiger partial charge is 0.435 e. The van der Waals surface area contributed by atoms with Gasteiger partial charge in [0.05, 0.1) is 12.5 Å². The summed E-state index contributed by atoms with van der Waals surface area (Å²) in [6.45, 7) is 4.19. The predicted octanol–water partition coefficient (Wildman–Crippen LogP) is 4.11. The summed E-state index contributed by atoms with van der Waals surface area (Å²) in [7, 11) is 0. The van der Waals surface area contributed by atoms with Crippen molar-refractivity contribution in [1.29, 1.82) is 15.8 Å². The Morgan fingerprint density at radius 3 is 2.38 bits per heavy atom. The van der Waals surface area contributed by atoms with Gasteiger partial charge in [-0.2, -0.15) is 15.8 Å². The molecule has 2 rings (SSSR count). The van der Waals surface area contributed by atoms with Crippen LogP contribution < -0.4 is 11.1 Å². The van der Waals surface area contributed by atoms with Crippen LogP contribution in [-0.2, 0) is 9.53 Å². The number of carbonyl (C=O) groups excluding carboxylic acids is 2. The molecule has 2 amide bonds. The molecule has 0 aliphatic heterocycles. The molecule has 1 aliphatic carbocycles. The summed E-state index contributed by atoms with van der Waals surface area (Å²) in [6, 6.07) is 12.6. The molecule has 3 N–H and O–H groups in total. The molecule has 1 aliphatic rings. The van der Waals surface area contributed by atoms with Gasteiger partial charge < -0.3 is 15.8 Å². The van der Waals surface area contributed by atoms with E-state index in [2.05, 4.69) is 23.9 Å². The number of nitriles is 3. The average molecular weight is 429 g/mol. The Morgan fingerprint density at radius 1 is 1.16 bits per heavy atom. The molecule has 8 heteroatoms. The third-order valence-electron chi connectivity index (χ3n) is 4.75. The number of nitrogens with two attached hydrogens (primary N) is 1. The number of ether oxygens (including phenoxy) is 1. The molecular weight excluding hydrogens is 406 g/mol. The zero-order chi connectivity index (χ0) is 23.7. The summed E-state index contributed by atoms with van der Waals surface area (Å²) >= 11 is 0. The van der Waals surface area contributed by atoms with Crippen LogP contribution in [0.2, 0.25) is 0 Å². The SMILES string of the molecule is CC1(C)CC(C=Cc2ccc(NC(=O)C(CC#N)OC(N)=O)cc2)=CC(=C(C#N)C#N)C1. The zero-order valence-corrected chi connectivity index (χ0v) is 17.9. The van der Waals surface area contributed by atoms with Crippen molar-refractivity contribution in [2.45, 2.75) is 39.2 Å². The average Bonchev–Trinajstić information content (AvgIpc) is 2.72. The highest BCUT2D eigenvalue weighted by molar-refractivity contribution is 5.95. The van der Waals surface area contributed by atoms with Crippen LogP contribution in [0, 0.1) is 39.4 Å². The van der Waals surface area contributed by atoms with Crippen LogP contribution in [0.15, 0.2) is 53.1 Å². The van der Waals surface area contributed by atoms with E-state index in [1.807, 2.05) is 30.4 Å². The lowest BCUT2D eigenvalue weighted by Gasteiger charge is -2.30. The van der Waals surface area contributed by atoms with Crippen LogP contribution in [0.3, 0.4) is 0 Å². The number of primary amides is 1. The number of hydrogen-bond acceptors (Lipinski definition) is 6. The van der Waals surface area contributed by atoms with Crippen LogP contribution in [0.1, 0.15) is 38.7 Å². The van der Waals surface area contributed by atoms with E-state index in [4.69, 9.17) is 11.0 Å². The van der Waals surface area contributed by atoms with Gasteiger partial charge in [0, 0.05) is 5.69 Å². The van der Waals surface area contributed by atoms with Crippen molar-refractivity contribution >= 4 is 23.8 Å². The summed E-state index contributed by atoms with van der Waals surface area (Å²) in [6.07, 6.45) is 4.51. The standard InChI is InChI=1S/C24H23N5O3/c1-24(2)12-17(11-18(13-24)19(14-26)15-27)4-3-16-5-7-20(8-6-16)29-22(30)21(9-10-25)32-23(28)31/h3-8,11,21H,9,12-13H2,1-2H3,(H2,28,31)(H,29,30). The van der Waals surface area contributed by atoms with Gasteiger partial charge >= 0.3 is 6.09 Å². The van der Waals surface area contributed by atoms with Crippen molar-refractivity contribution in [2.75, 3.05) is 5.32 Å². The molecule has 0 saturated carbocycles. The van der Waals surface area contributed by atoms with Gasteiger partial charge in [-0.05, 0) is 47.1 Å². The normalized spacial score (nSPS) is 15.5. The molecule has 0 spiro atoms. The summed E-state index contributed by atoms with van der Waals surface area (Å²) in [5, 5.41) is 29.7. The van der Waals surface area contributed by atoms with Gasteiger partial charge in [-0.15, -0.1) is 0 Å². The molecule has 162 valence electrons. The topological polar surface area (TPSA) is 153 Å². The highest BCUT2D eigenvalue weighted by Gasteiger charge is 2.26. The number of allylic oxidation sites excluding steroid dienone is 5. The summed E-state index contributed by atoms with van der Waals surface area (Å²) in [5.74, 6) is -0.645. The second-order valence-electron chi connectivity index (χ2n) is 8.09. The van der Waals surface area contributed by atoms with E-state index in [1.165, 1.54) is 0 Å². The Labute approximate surface area is 186 Å². The summed E-state index contributed by atoms with van der Waals surface area (Å²) < 4.78 is 4.66. The van der Waals surface area contributed by atoms with Crippen LogP contribution in [0.4, 0.5) is 10.5 Å². The van der Waals surface area contributed by atoms with Crippen LogP contribution in [-0.4, -0.2) is 18.1 Å². The fourth-order valence-electron chi connectivity index (χ4n) is 3.41. The maximum absolute atomic E-state index is 12.2. The fourth-order valence-corrected chi connectivity index (χ4v) is 3.41. The lowest BCUT2D eigenvalue weighted by molar-refractivity contribution is -0.123. The first-order valence-corrected chi connectivity index (χ1v) is 9.83. The van der Waals surface area contributed by atoms with Crippen LogP contribution in [0.25, 0.3) is 6.08 Å². The summed E-state index contributed by atoms with van der Waals surface area (Å²) in [4.78, 5) is 23.1. The molecular formula is C24H23N5O3. The minimum Gasteiger partial charge on any atom is -0.435 e. The van der Waals surface area contributed by atoms with Crippen molar-refractivity contribution in [2.24, 2.45) is 11.1 Å². The zero-order valence-electron chi connectivity index (χ0n) is 17.9. The molecule has 1 atom stereocenters. The highest BCUT2D eigenvalue weighted by Crippen LogP contribution is 2.39. The Morgan fingerprint density at radius 2 is 1.81 bits per heavy atom. The van der Waals surface area contributed by atoms with Crippen molar-refractivity contribution in [3.63, 3.8) is 0 Å². The van der Waals surface area contributed by atoms with E-state index in [1.54, 1.807) is 30.3 Å². The second-order valence-corrected chi connectivity index (χ2v) is 8.09. The molecule has 0 bridgehead atoms. The number of carbonyl (C=O) groups is 2. The molecule has 0 radical (unpaired) electrons. The van der Waals surface area contributed by atoms with E-state index in [0.29, 0.717) is 12.1 Å². The van der Waals surface area contributed by atoms with Gasteiger partial charge in [0.2, 0.25) is 0 Å². The predicted molar refractivity (Wildman–Crippen MR) is 118 cm³/mol. The Bertz CT molecular complexity index is 1090. The van der Waals surface area contributed by atoms with Gasteiger partial charge in [-0.25, -0.2) is 4.79 Å². The van der Waals surface area contributed by atoms with Gasteiger partial charge in [0.25, 0.3) is 5.91 Å². The first kappa shape index (κ1) is 23.9. The number of benzene rings is 1. The number of anilines is 1. The Balaban J connectivity index is 2.13. The van der Waals surface area contributed by atoms with E-state index in [0.717, 1.165) is 23.1 Å². The van der Waals surface area contributed by atoms with Crippen molar-refractivity contribution in [3.05, 3.63) is 58.7 Å². The minimum atomic E-state index is -1.28. The molecule has 8 nitrogen and oxygen atoms in total. The minimum absolute atomic E-state index is 0.0657. The van der Waals surface area contributed by atoms with Gasteiger partial charge in [0.15, 0.2) is 6.10 Å². The first-order chi connectivity index (χ1) is 15.2. The number of rotatable bonds is 6. The van der Waals surface area contributed by atoms with Crippen LogP contribution in [0.5, 0.6) is 0 Å². The molecule has 0 aromatic heterocycles. The fraction of sp³-hybridized carbons (Fsp3) is 0.292. The Hall–Kier alpha value is -4.35. The maximum atomic E-state index is 12.2.